The summed E-state index contributed by atoms with van der Waals surface area (Å²) in [5, 5.41) is 16.1. The average Bonchev–Trinajstić information content (AvgIpc) is 3.23. The van der Waals surface area contributed by atoms with E-state index in [1.807, 2.05) is 12.1 Å². The van der Waals surface area contributed by atoms with Crippen LogP contribution < -0.4 is 10.6 Å². The molecule has 10 heteroatoms. The Kier molecular flexibility index (Phi) is 7.03. The van der Waals surface area contributed by atoms with Gasteiger partial charge in [-0.25, -0.2) is 4.98 Å². The molecule has 0 spiro atoms. The highest BCUT2D eigenvalue weighted by Gasteiger charge is 2.68. The molecule has 7 atom stereocenters. The minimum Gasteiger partial charge on any atom is -0.404 e. The Morgan fingerprint density at radius 3 is 2.50 bits per heavy atom. The summed E-state index contributed by atoms with van der Waals surface area (Å²) in [7, 11) is -0.594. The largest absolute Gasteiger partial charge is 0.481 e. The third kappa shape index (κ3) is 4.71. The normalized spacial score (nSPS) is 29.8. The molecular formula is C28H39BN4O5. The van der Waals surface area contributed by atoms with Gasteiger partial charge in [0.1, 0.15) is 11.7 Å². The summed E-state index contributed by atoms with van der Waals surface area (Å²) < 4.78 is 13.1. The molecule has 2 amide bonds. The Morgan fingerprint density at radius 2 is 1.84 bits per heavy atom. The molecule has 38 heavy (non-hydrogen) atoms. The minimum absolute atomic E-state index is 0.00502. The van der Waals surface area contributed by atoms with Crippen LogP contribution in [-0.4, -0.2) is 63.8 Å². The monoisotopic (exact) mass is 522 g/mol. The van der Waals surface area contributed by atoms with Crippen molar-refractivity contribution in [3.05, 3.63) is 36.2 Å². The van der Waals surface area contributed by atoms with Gasteiger partial charge in [0.15, 0.2) is 0 Å². The molecule has 3 N–H and O–H groups in total. The van der Waals surface area contributed by atoms with Crippen LogP contribution in [0.5, 0.6) is 0 Å². The number of hydrogen-bond donors (Lipinski definition) is 3. The van der Waals surface area contributed by atoms with Gasteiger partial charge in [-0.1, -0.05) is 39.8 Å². The molecule has 0 radical (unpaired) electrons. The predicted molar refractivity (Wildman–Crippen MR) is 144 cm³/mol. The second-order valence-corrected chi connectivity index (χ2v) is 12.5. The first-order valence-electron chi connectivity index (χ1n) is 13.7. The Morgan fingerprint density at radius 1 is 1.13 bits per heavy atom. The fraction of sp³-hybridized carbons (Fsp3) is 0.643. The summed E-state index contributed by atoms with van der Waals surface area (Å²) >= 11 is 0. The van der Waals surface area contributed by atoms with Crippen molar-refractivity contribution in [3.8, 4) is 0 Å². The van der Waals surface area contributed by atoms with Crippen molar-refractivity contribution in [2.45, 2.75) is 90.6 Å². The van der Waals surface area contributed by atoms with Gasteiger partial charge in [-0.15, -0.1) is 0 Å². The second-order valence-electron chi connectivity index (χ2n) is 12.5. The quantitative estimate of drug-likeness (QED) is 0.456. The van der Waals surface area contributed by atoms with Crippen LogP contribution in [0.3, 0.4) is 0 Å². The van der Waals surface area contributed by atoms with E-state index in [2.05, 4.69) is 55.2 Å². The summed E-state index contributed by atoms with van der Waals surface area (Å²) in [6.07, 6.45) is 2.96. The van der Waals surface area contributed by atoms with Crippen molar-refractivity contribution >= 4 is 30.0 Å². The molecule has 2 heterocycles. The predicted octanol–water partition coefficient (Wildman–Crippen LogP) is 2.91. The molecule has 2 aromatic rings. The number of carbonyl (C=O) groups is 2. The van der Waals surface area contributed by atoms with Crippen molar-refractivity contribution in [2.75, 3.05) is 0 Å². The zero-order valence-electron chi connectivity index (χ0n) is 23.1. The van der Waals surface area contributed by atoms with E-state index in [0.717, 1.165) is 12.8 Å². The third-order valence-corrected chi connectivity index (χ3v) is 9.08. The van der Waals surface area contributed by atoms with Gasteiger partial charge in [0.2, 0.25) is 5.91 Å². The number of rotatable bonds is 8. The van der Waals surface area contributed by atoms with Crippen LogP contribution in [0, 0.1) is 23.2 Å². The van der Waals surface area contributed by atoms with Gasteiger partial charge in [0.05, 0.1) is 41.0 Å². The van der Waals surface area contributed by atoms with Crippen molar-refractivity contribution < 1.29 is 24.0 Å². The molecule has 9 nitrogen and oxygen atoms in total. The maximum absolute atomic E-state index is 13.4. The van der Waals surface area contributed by atoms with Crippen LogP contribution >= 0.6 is 0 Å². The molecule has 1 aromatic heterocycles. The lowest BCUT2D eigenvalue weighted by Gasteiger charge is -2.64. The van der Waals surface area contributed by atoms with E-state index in [1.54, 1.807) is 12.1 Å². The summed E-state index contributed by atoms with van der Waals surface area (Å²) in [5.41, 5.74) is 1.13. The summed E-state index contributed by atoms with van der Waals surface area (Å²) in [6.45, 7) is 12.4. The Hall–Kier alpha value is -2.56. The molecule has 2 bridgehead atoms. The average molecular weight is 522 g/mol. The lowest BCUT2D eigenvalue weighted by atomic mass is 9.43. The Bertz CT molecular complexity index is 1220. The minimum atomic E-state index is -1.18. The third-order valence-electron chi connectivity index (χ3n) is 9.08. The zero-order valence-corrected chi connectivity index (χ0v) is 23.1. The van der Waals surface area contributed by atoms with E-state index in [4.69, 9.17) is 9.31 Å². The lowest BCUT2D eigenvalue weighted by molar-refractivity contribution is -0.199. The van der Waals surface area contributed by atoms with Crippen LogP contribution in [0.4, 0.5) is 0 Å². The number of benzene rings is 1. The number of aromatic nitrogens is 2. The summed E-state index contributed by atoms with van der Waals surface area (Å²) in [6, 6.07) is 6.04. The lowest BCUT2D eigenvalue weighted by Crippen LogP contribution is -2.65. The first kappa shape index (κ1) is 27.0. The first-order valence-corrected chi connectivity index (χ1v) is 13.7. The molecule has 1 saturated heterocycles. The molecule has 1 aromatic carbocycles. The fourth-order valence-electron chi connectivity index (χ4n) is 6.78. The number of nitrogens with one attached hydrogen (secondary N) is 2. The van der Waals surface area contributed by atoms with E-state index in [-0.39, 0.29) is 23.1 Å². The molecule has 1 aliphatic heterocycles. The van der Waals surface area contributed by atoms with Crippen molar-refractivity contribution in [1.29, 1.82) is 0 Å². The number of carbonyl (C=O) groups excluding carboxylic acids is 2. The van der Waals surface area contributed by atoms with Crippen LogP contribution in [0.2, 0.25) is 0 Å². The van der Waals surface area contributed by atoms with Crippen molar-refractivity contribution in [2.24, 2.45) is 23.2 Å². The van der Waals surface area contributed by atoms with E-state index < -0.39 is 42.6 Å². The van der Waals surface area contributed by atoms with Crippen molar-refractivity contribution in [1.82, 2.24) is 20.6 Å². The van der Waals surface area contributed by atoms with E-state index in [9.17, 15) is 14.7 Å². The highest BCUT2D eigenvalue weighted by molar-refractivity contribution is 6.48. The number of aliphatic hydroxyl groups excluding tert-OH is 1. The number of aliphatic hydroxyl groups is 1. The topological polar surface area (TPSA) is 123 Å². The molecule has 204 valence electrons. The maximum atomic E-state index is 13.4. The Labute approximate surface area is 224 Å². The summed E-state index contributed by atoms with van der Waals surface area (Å²) in [4.78, 5) is 35.1. The maximum Gasteiger partial charge on any atom is 0.481 e. The van der Waals surface area contributed by atoms with Gasteiger partial charge in [0.25, 0.3) is 5.91 Å². The number of fused-ring (bicyclic) bond motifs is 1. The van der Waals surface area contributed by atoms with Crippen LogP contribution in [0.1, 0.15) is 71.3 Å². The SMILES string of the molecule is CC(C)C[C@H](NC(=O)[C@@H](NC(=O)c1cnc2ccccc2n1)[C@@H](C)O)B1O[C@@H]2C[C@@H]3C[C@@H](C3(C)C)[C@]2(C)O1. The van der Waals surface area contributed by atoms with Crippen molar-refractivity contribution in [3.63, 3.8) is 0 Å². The molecule has 6 rings (SSSR count). The van der Waals surface area contributed by atoms with Gasteiger partial charge in [-0.2, -0.15) is 0 Å². The number of hydrogen-bond acceptors (Lipinski definition) is 7. The smallest absolute Gasteiger partial charge is 0.404 e. The van der Waals surface area contributed by atoms with E-state index in [1.165, 1.54) is 13.1 Å². The molecule has 3 saturated carbocycles. The van der Waals surface area contributed by atoms with Gasteiger partial charge in [-0.3, -0.25) is 14.6 Å². The van der Waals surface area contributed by atoms with E-state index >= 15 is 0 Å². The molecular weight excluding hydrogens is 483 g/mol. The molecule has 4 fully saturated rings. The summed E-state index contributed by atoms with van der Waals surface area (Å²) in [5.74, 6) is -0.210. The van der Waals surface area contributed by atoms with Gasteiger partial charge >= 0.3 is 7.12 Å². The molecule has 3 aliphatic carbocycles. The zero-order chi connectivity index (χ0) is 27.4. The Balaban J connectivity index is 1.30. The standard InChI is InChI=1S/C28H39BN4O5/c1-15(2)11-23(29-37-22-13-17-12-21(27(17,4)5)28(22,6)38-29)32-26(36)24(16(3)34)33-25(35)20-14-30-18-9-7-8-10-19(18)31-20/h7-10,14-17,21-24,34H,11-13H2,1-6H3,(H,32,36)(H,33,35)/t16-,17+,21+,22-,23+,24+,28+/m1/s1. The van der Waals surface area contributed by atoms with Crippen LogP contribution in [-0.2, 0) is 14.1 Å². The number of para-hydroxylation sites is 2. The van der Waals surface area contributed by atoms with Gasteiger partial charge < -0.3 is 25.0 Å². The molecule has 4 aliphatic rings. The highest BCUT2D eigenvalue weighted by Crippen LogP contribution is 2.65. The van der Waals surface area contributed by atoms with Crippen LogP contribution in [0.15, 0.2) is 30.5 Å². The van der Waals surface area contributed by atoms with Crippen LogP contribution in [0.25, 0.3) is 11.0 Å². The molecule has 0 unspecified atom stereocenters. The highest BCUT2D eigenvalue weighted by atomic mass is 16.7. The van der Waals surface area contributed by atoms with Gasteiger partial charge in [0, 0.05) is 0 Å². The fourth-order valence-corrected chi connectivity index (χ4v) is 6.78. The van der Waals surface area contributed by atoms with Gasteiger partial charge in [-0.05, 0) is 68.4 Å². The number of amides is 2. The first-order chi connectivity index (χ1) is 17.9. The van der Waals surface area contributed by atoms with E-state index in [0.29, 0.717) is 29.3 Å². The second kappa shape index (κ2) is 9.88. The number of nitrogens with zero attached hydrogens (tertiary/aromatic N) is 2.